The lowest BCUT2D eigenvalue weighted by Gasteiger charge is -2.16. The maximum Gasteiger partial charge on any atom is 0.338 e. The van der Waals surface area contributed by atoms with E-state index in [1.165, 1.54) is 0 Å². The molecule has 0 aliphatic heterocycles. The van der Waals surface area contributed by atoms with Gasteiger partial charge in [-0.2, -0.15) is 0 Å². The van der Waals surface area contributed by atoms with Crippen molar-refractivity contribution in [1.29, 1.82) is 0 Å². The van der Waals surface area contributed by atoms with Crippen LogP contribution in [0.25, 0.3) is 11.1 Å². The van der Waals surface area contributed by atoms with Crippen molar-refractivity contribution in [2.45, 2.75) is 26.7 Å². The van der Waals surface area contributed by atoms with E-state index in [-0.39, 0.29) is 24.2 Å². The first-order valence-corrected chi connectivity index (χ1v) is 9.81. The number of phenolic OH excluding ortho intramolecular Hbond substituents is 1. The predicted molar refractivity (Wildman–Crippen MR) is 118 cm³/mol. The molecule has 154 valence electrons. The third-order valence-electron chi connectivity index (χ3n) is 4.85. The summed E-state index contributed by atoms with van der Waals surface area (Å²) in [5.41, 5.74) is 4.97. The van der Waals surface area contributed by atoms with E-state index in [4.69, 9.17) is 4.74 Å². The van der Waals surface area contributed by atoms with Crippen LogP contribution in [-0.4, -0.2) is 23.6 Å². The number of benzene rings is 3. The van der Waals surface area contributed by atoms with Gasteiger partial charge in [0.2, 0.25) is 0 Å². The number of amides is 1. The Morgan fingerprint density at radius 2 is 1.53 bits per heavy atom. The number of esters is 1. The van der Waals surface area contributed by atoms with Crippen molar-refractivity contribution < 1.29 is 19.4 Å². The Balaban J connectivity index is 1.60. The molecule has 1 amide bonds. The van der Waals surface area contributed by atoms with Gasteiger partial charge in [0, 0.05) is 5.69 Å². The second-order valence-electron chi connectivity index (χ2n) is 7.44. The van der Waals surface area contributed by atoms with Gasteiger partial charge in [-0.15, -0.1) is 0 Å². The summed E-state index contributed by atoms with van der Waals surface area (Å²) >= 11 is 0. The molecule has 0 saturated heterocycles. The molecule has 0 atom stereocenters. The Morgan fingerprint density at radius 1 is 0.933 bits per heavy atom. The minimum absolute atomic E-state index is 0.198. The van der Waals surface area contributed by atoms with E-state index in [0.717, 1.165) is 27.9 Å². The lowest BCUT2D eigenvalue weighted by Crippen LogP contribution is -2.22. The molecule has 0 radical (unpaired) electrons. The first-order valence-electron chi connectivity index (χ1n) is 9.81. The van der Waals surface area contributed by atoms with Crippen LogP contribution < -0.4 is 5.32 Å². The lowest BCUT2D eigenvalue weighted by atomic mass is 9.98. The van der Waals surface area contributed by atoms with E-state index < -0.39 is 5.97 Å². The number of rotatable bonds is 6. The molecule has 0 spiro atoms. The molecule has 30 heavy (non-hydrogen) atoms. The van der Waals surface area contributed by atoms with Crippen LogP contribution in [0.3, 0.4) is 0 Å². The summed E-state index contributed by atoms with van der Waals surface area (Å²) in [4.78, 5) is 24.6. The highest BCUT2D eigenvalue weighted by Gasteiger charge is 2.14. The zero-order valence-corrected chi connectivity index (χ0v) is 17.3. The normalized spacial score (nSPS) is 10.7. The van der Waals surface area contributed by atoms with E-state index in [2.05, 4.69) is 19.2 Å². The SMILES string of the molecule is Cc1cccc(C(C)C)c1NC(=O)COC(=O)c1ccc(-c2ccc(O)cc2)cc1. The maximum atomic E-state index is 12.3. The van der Waals surface area contributed by atoms with Crippen molar-refractivity contribution in [1.82, 2.24) is 0 Å². The van der Waals surface area contributed by atoms with Crippen LogP contribution in [0.4, 0.5) is 5.69 Å². The number of aryl methyl sites for hydroxylation is 1. The second-order valence-corrected chi connectivity index (χ2v) is 7.44. The van der Waals surface area contributed by atoms with Crippen molar-refractivity contribution in [3.63, 3.8) is 0 Å². The standard InChI is InChI=1S/C25H25NO4/c1-16(2)22-6-4-5-17(3)24(22)26-23(28)15-30-25(29)20-9-7-18(8-10-20)19-11-13-21(27)14-12-19/h4-14,16,27H,15H2,1-3H3,(H,26,28). The van der Waals surface area contributed by atoms with E-state index in [1.54, 1.807) is 48.5 Å². The van der Waals surface area contributed by atoms with Gasteiger partial charge in [-0.1, -0.05) is 56.3 Å². The highest BCUT2D eigenvalue weighted by atomic mass is 16.5. The molecule has 0 aromatic heterocycles. The van der Waals surface area contributed by atoms with Crippen LogP contribution in [0.15, 0.2) is 66.7 Å². The number of para-hydroxylation sites is 1. The molecule has 0 bridgehead atoms. The van der Waals surface area contributed by atoms with E-state index in [1.807, 2.05) is 25.1 Å². The smallest absolute Gasteiger partial charge is 0.338 e. The quantitative estimate of drug-likeness (QED) is 0.549. The van der Waals surface area contributed by atoms with Crippen molar-refractivity contribution in [3.05, 3.63) is 83.4 Å². The number of phenols is 1. The minimum Gasteiger partial charge on any atom is -0.508 e. The third kappa shape index (κ3) is 5.06. The molecule has 0 unspecified atom stereocenters. The van der Waals surface area contributed by atoms with Gasteiger partial charge in [0.1, 0.15) is 5.75 Å². The average Bonchev–Trinajstić information content (AvgIpc) is 2.74. The molecule has 0 fully saturated rings. The molecular formula is C25H25NO4. The average molecular weight is 403 g/mol. The fourth-order valence-corrected chi connectivity index (χ4v) is 3.18. The van der Waals surface area contributed by atoms with Crippen LogP contribution in [0.2, 0.25) is 0 Å². The molecular weight excluding hydrogens is 378 g/mol. The summed E-state index contributed by atoms with van der Waals surface area (Å²) in [6.07, 6.45) is 0. The summed E-state index contributed by atoms with van der Waals surface area (Å²) in [6.45, 7) is 5.70. The molecule has 3 aromatic carbocycles. The molecule has 0 aliphatic carbocycles. The molecule has 0 heterocycles. The molecule has 5 heteroatoms. The van der Waals surface area contributed by atoms with Gasteiger partial charge in [-0.25, -0.2) is 4.79 Å². The van der Waals surface area contributed by atoms with Crippen LogP contribution in [0, 0.1) is 6.92 Å². The summed E-state index contributed by atoms with van der Waals surface area (Å²) in [6, 6.07) is 19.6. The molecule has 3 aromatic rings. The number of aromatic hydroxyl groups is 1. The van der Waals surface area contributed by atoms with Crippen LogP contribution >= 0.6 is 0 Å². The summed E-state index contributed by atoms with van der Waals surface area (Å²) in [5.74, 6) is -0.477. The molecule has 0 aliphatic rings. The largest absolute Gasteiger partial charge is 0.508 e. The van der Waals surface area contributed by atoms with Crippen molar-refractivity contribution in [2.75, 3.05) is 11.9 Å². The van der Waals surface area contributed by atoms with E-state index >= 15 is 0 Å². The highest BCUT2D eigenvalue weighted by Crippen LogP contribution is 2.27. The fraction of sp³-hybridized carbons (Fsp3) is 0.200. The number of carbonyl (C=O) groups is 2. The summed E-state index contributed by atoms with van der Waals surface area (Å²) in [7, 11) is 0. The zero-order valence-electron chi connectivity index (χ0n) is 17.3. The Morgan fingerprint density at radius 3 is 2.13 bits per heavy atom. The van der Waals surface area contributed by atoms with Crippen molar-refractivity contribution >= 4 is 17.6 Å². The van der Waals surface area contributed by atoms with E-state index in [9.17, 15) is 14.7 Å². The minimum atomic E-state index is -0.559. The number of ether oxygens (including phenoxy) is 1. The third-order valence-corrected chi connectivity index (χ3v) is 4.85. The van der Waals surface area contributed by atoms with Gasteiger partial charge < -0.3 is 15.2 Å². The molecule has 2 N–H and O–H groups in total. The van der Waals surface area contributed by atoms with Gasteiger partial charge in [-0.3, -0.25) is 4.79 Å². The maximum absolute atomic E-state index is 12.3. The zero-order chi connectivity index (χ0) is 21.7. The Kier molecular flexibility index (Phi) is 6.52. The summed E-state index contributed by atoms with van der Waals surface area (Å²) < 4.78 is 5.18. The predicted octanol–water partition coefficient (Wildman–Crippen LogP) is 5.29. The van der Waals surface area contributed by atoms with Gasteiger partial charge in [0.15, 0.2) is 6.61 Å². The van der Waals surface area contributed by atoms with Crippen LogP contribution in [0.1, 0.15) is 41.3 Å². The first kappa shape index (κ1) is 21.1. The Bertz CT molecular complexity index is 1040. The lowest BCUT2D eigenvalue weighted by molar-refractivity contribution is -0.119. The van der Waals surface area contributed by atoms with Crippen LogP contribution in [0.5, 0.6) is 5.75 Å². The van der Waals surface area contributed by atoms with Crippen LogP contribution in [-0.2, 0) is 9.53 Å². The van der Waals surface area contributed by atoms with E-state index in [0.29, 0.717) is 5.56 Å². The second kappa shape index (κ2) is 9.27. The number of hydrogen-bond acceptors (Lipinski definition) is 4. The number of nitrogens with one attached hydrogen (secondary N) is 1. The monoisotopic (exact) mass is 403 g/mol. The number of carbonyl (C=O) groups excluding carboxylic acids is 2. The van der Waals surface area contributed by atoms with Gasteiger partial charge in [0.05, 0.1) is 5.56 Å². The molecule has 3 rings (SSSR count). The number of anilines is 1. The van der Waals surface area contributed by atoms with Crippen molar-refractivity contribution in [3.8, 4) is 16.9 Å². The number of hydrogen-bond donors (Lipinski definition) is 2. The Hall–Kier alpha value is -3.60. The van der Waals surface area contributed by atoms with Gasteiger partial charge >= 0.3 is 5.97 Å². The fourth-order valence-electron chi connectivity index (χ4n) is 3.18. The Labute approximate surface area is 176 Å². The molecule has 0 saturated carbocycles. The van der Waals surface area contributed by atoms with Gasteiger partial charge in [-0.05, 0) is 59.4 Å². The van der Waals surface area contributed by atoms with Gasteiger partial charge in [0.25, 0.3) is 5.91 Å². The highest BCUT2D eigenvalue weighted by molar-refractivity contribution is 5.96. The topological polar surface area (TPSA) is 75.6 Å². The van der Waals surface area contributed by atoms with Crippen molar-refractivity contribution in [2.24, 2.45) is 0 Å². The first-order chi connectivity index (χ1) is 14.3. The summed E-state index contributed by atoms with van der Waals surface area (Å²) in [5, 5.41) is 12.2. The molecule has 5 nitrogen and oxygen atoms in total.